The number of ether oxygens (including phenoxy) is 1. The van der Waals surface area contributed by atoms with Crippen LogP contribution in [0.25, 0.3) is 0 Å². The quantitative estimate of drug-likeness (QED) is 0.0611. The number of ketones is 1. The fraction of sp³-hybridized carbons (Fsp3) is 0.708. The number of primary amides is 1. The summed E-state index contributed by atoms with van der Waals surface area (Å²) in [4.78, 5) is 84.9. The molecule has 0 aliphatic heterocycles. The smallest absolute Gasteiger partial charge is 0.452 e. The van der Waals surface area contributed by atoms with Crippen molar-refractivity contribution < 1.29 is 51.5 Å². The summed E-state index contributed by atoms with van der Waals surface area (Å²) in [5.74, 6) is -7.35. The van der Waals surface area contributed by atoms with Gasteiger partial charge in [-0.1, -0.05) is 0 Å². The highest BCUT2D eigenvalue weighted by Crippen LogP contribution is 2.18. The average Bonchev–Trinajstić information content (AvgIpc) is 2.91. The molecule has 1 unspecified atom stereocenters. The Labute approximate surface area is 240 Å². The van der Waals surface area contributed by atoms with Gasteiger partial charge >= 0.3 is 12.1 Å². The summed E-state index contributed by atoms with van der Waals surface area (Å²) in [5.41, 5.74) is 16.1. The molecule has 0 fully saturated rings. The summed E-state index contributed by atoms with van der Waals surface area (Å²) >= 11 is 0. The van der Waals surface area contributed by atoms with Crippen molar-refractivity contribution in [3.63, 3.8) is 0 Å². The van der Waals surface area contributed by atoms with Gasteiger partial charge < -0.3 is 43.2 Å². The minimum Gasteiger partial charge on any atom is -0.469 e. The number of nitrogens with two attached hydrogens (primary N) is 3. The van der Waals surface area contributed by atoms with E-state index >= 15 is 0 Å². The molecule has 0 rings (SSSR count). The molecule has 0 aromatic heterocycles. The second kappa shape index (κ2) is 18.6. The number of esters is 1. The van der Waals surface area contributed by atoms with Gasteiger partial charge in [0.15, 0.2) is 0 Å². The van der Waals surface area contributed by atoms with Gasteiger partial charge in [-0.3, -0.25) is 33.6 Å². The molecule has 0 saturated carbocycles. The first-order valence-corrected chi connectivity index (χ1v) is 13.1. The monoisotopic (exact) mass is 611 g/mol. The van der Waals surface area contributed by atoms with Crippen LogP contribution in [-0.2, 0) is 38.3 Å². The Morgan fingerprint density at radius 3 is 1.79 bits per heavy atom. The lowest BCUT2D eigenvalue weighted by Gasteiger charge is -2.25. The Hall–Kier alpha value is -3.80. The molecule has 5 atom stereocenters. The highest BCUT2D eigenvalue weighted by atomic mass is 19.4. The van der Waals surface area contributed by atoms with Crippen LogP contribution >= 0.6 is 0 Å². The molecule has 10 N–H and O–H groups in total. The van der Waals surface area contributed by atoms with E-state index in [4.69, 9.17) is 17.2 Å². The Kier molecular flexibility index (Phi) is 16.9. The molecule has 0 heterocycles. The summed E-state index contributed by atoms with van der Waals surface area (Å²) in [6.45, 7) is 2.33. The van der Waals surface area contributed by atoms with E-state index in [1.165, 1.54) is 6.92 Å². The van der Waals surface area contributed by atoms with Crippen LogP contribution in [-0.4, -0.2) is 91.3 Å². The van der Waals surface area contributed by atoms with Gasteiger partial charge in [-0.25, -0.2) is 0 Å². The topological polar surface area (TPSA) is 255 Å². The van der Waals surface area contributed by atoms with Gasteiger partial charge in [0.1, 0.15) is 18.1 Å². The third-order valence-corrected chi connectivity index (χ3v) is 5.90. The molecular formula is C24H40F3N7O8. The van der Waals surface area contributed by atoms with Crippen molar-refractivity contribution in [2.75, 3.05) is 13.7 Å². The van der Waals surface area contributed by atoms with Crippen molar-refractivity contribution in [3.8, 4) is 0 Å². The summed E-state index contributed by atoms with van der Waals surface area (Å²) in [6, 6.07) is -7.24. The van der Waals surface area contributed by atoms with Crippen LogP contribution < -0.4 is 38.5 Å². The predicted molar refractivity (Wildman–Crippen MR) is 141 cm³/mol. The number of hydrogen-bond acceptors (Lipinski definition) is 10. The number of unbranched alkanes of at least 4 members (excludes halogenated alkanes) is 1. The van der Waals surface area contributed by atoms with Crippen molar-refractivity contribution in [2.24, 2.45) is 17.2 Å². The molecule has 0 spiro atoms. The van der Waals surface area contributed by atoms with Crippen molar-refractivity contribution in [2.45, 2.75) is 95.2 Å². The number of rotatable bonds is 19. The van der Waals surface area contributed by atoms with Crippen LogP contribution in [0.5, 0.6) is 0 Å². The van der Waals surface area contributed by atoms with E-state index in [2.05, 4.69) is 20.7 Å². The van der Waals surface area contributed by atoms with Gasteiger partial charge in [-0.2, -0.15) is 13.2 Å². The molecule has 42 heavy (non-hydrogen) atoms. The lowest BCUT2D eigenvalue weighted by molar-refractivity contribution is -0.173. The van der Waals surface area contributed by atoms with Gasteiger partial charge in [-0.05, 0) is 52.5 Å². The molecule has 0 saturated heterocycles. The van der Waals surface area contributed by atoms with Crippen molar-refractivity contribution >= 4 is 41.3 Å². The van der Waals surface area contributed by atoms with E-state index in [1.54, 1.807) is 0 Å². The van der Waals surface area contributed by atoms with Gasteiger partial charge in [0, 0.05) is 12.8 Å². The van der Waals surface area contributed by atoms with Crippen LogP contribution in [0.15, 0.2) is 0 Å². The first kappa shape index (κ1) is 38.2. The van der Waals surface area contributed by atoms with E-state index < -0.39 is 77.7 Å². The van der Waals surface area contributed by atoms with Gasteiger partial charge in [0.2, 0.25) is 29.5 Å². The highest BCUT2D eigenvalue weighted by molar-refractivity contribution is 5.97. The maximum absolute atomic E-state index is 13.1. The Bertz CT molecular complexity index is 980. The lowest BCUT2D eigenvalue weighted by Crippen LogP contribution is -2.58. The van der Waals surface area contributed by atoms with Gasteiger partial charge in [0.25, 0.3) is 5.78 Å². The van der Waals surface area contributed by atoms with Crippen LogP contribution in [0.2, 0.25) is 0 Å². The molecule has 0 aliphatic rings. The summed E-state index contributed by atoms with van der Waals surface area (Å²) in [7, 11) is 1.09. The highest BCUT2D eigenvalue weighted by Gasteiger charge is 2.42. The summed E-state index contributed by atoms with van der Waals surface area (Å²) in [6.07, 6.45) is -5.53. The SMILES string of the molecule is COC(=O)CC[C@H](NC(=O)[C@H](C)NC(=O)[C@@H](N)CCC(N)=O)C(=O)N[C@@H](CCCCN)C(=O)NC(C)C(=O)C(F)(F)F. The molecule has 240 valence electrons. The van der Waals surface area contributed by atoms with Gasteiger partial charge in [-0.15, -0.1) is 0 Å². The van der Waals surface area contributed by atoms with E-state index in [9.17, 15) is 46.7 Å². The number of nitrogens with one attached hydrogen (secondary N) is 4. The number of amides is 5. The molecule has 5 amide bonds. The minimum atomic E-state index is -5.20. The first-order valence-electron chi connectivity index (χ1n) is 13.1. The average molecular weight is 612 g/mol. The largest absolute Gasteiger partial charge is 0.469 e. The minimum absolute atomic E-state index is 0.0744. The number of halogens is 3. The molecule has 0 aromatic rings. The summed E-state index contributed by atoms with van der Waals surface area (Å²) < 4.78 is 42.8. The number of alkyl halides is 3. The Balaban J connectivity index is 5.68. The zero-order chi connectivity index (χ0) is 32.6. The fourth-order valence-electron chi connectivity index (χ4n) is 3.40. The van der Waals surface area contributed by atoms with E-state index in [0.717, 1.165) is 14.0 Å². The maximum Gasteiger partial charge on any atom is 0.452 e. The number of hydrogen-bond donors (Lipinski definition) is 7. The molecule has 0 radical (unpaired) electrons. The molecule has 0 aromatic carbocycles. The Morgan fingerprint density at radius 2 is 1.26 bits per heavy atom. The third-order valence-electron chi connectivity index (χ3n) is 5.90. The second-order valence-corrected chi connectivity index (χ2v) is 9.46. The third kappa shape index (κ3) is 14.7. The fourth-order valence-corrected chi connectivity index (χ4v) is 3.40. The Morgan fingerprint density at radius 1 is 0.738 bits per heavy atom. The van der Waals surface area contributed by atoms with Gasteiger partial charge in [0.05, 0.1) is 19.2 Å². The van der Waals surface area contributed by atoms with Crippen LogP contribution in [0.3, 0.4) is 0 Å². The first-order chi connectivity index (χ1) is 19.4. The van der Waals surface area contributed by atoms with Crippen LogP contribution in [0.4, 0.5) is 13.2 Å². The molecule has 0 aliphatic carbocycles. The lowest BCUT2D eigenvalue weighted by atomic mass is 10.0. The van der Waals surface area contributed by atoms with E-state index in [-0.39, 0.29) is 45.1 Å². The zero-order valence-corrected chi connectivity index (χ0v) is 23.7. The van der Waals surface area contributed by atoms with E-state index in [1.807, 2.05) is 5.32 Å². The molecule has 0 bridgehead atoms. The number of carbonyl (C=O) groups excluding carboxylic acids is 7. The maximum atomic E-state index is 13.1. The number of methoxy groups -OCH3 is 1. The summed E-state index contributed by atoms with van der Waals surface area (Å²) in [5, 5.41) is 8.90. The normalized spacial score (nSPS) is 14.8. The number of Topliss-reactive ketones (excluding diaryl/α,β-unsaturated/α-hetero) is 1. The predicted octanol–water partition coefficient (Wildman–Crippen LogP) is -2.23. The molecule has 15 nitrogen and oxygen atoms in total. The second-order valence-electron chi connectivity index (χ2n) is 9.46. The molecule has 18 heteroatoms. The zero-order valence-electron chi connectivity index (χ0n) is 23.7. The standard InChI is InChI=1S/C24H40F3N7O8/c1-12(19(37)24(25,26)27)31-22(40)15(6-4-5-11-28)34-23(41)16(8-10-18(36)42-3)33-20(38)13(2)32-21(39)14(29)7-9-17(30)35/h12-16H,4-11,28-29H2,1-3H3,(H2,30,35)(H,31,40)(H,32,39)(H,33,38)(H,34,41)/t12?,13-,14-,15-,16-/m0/s1. The van der Waals surface area contributed by atoms with Crippen LogP contribution in [0, 0.1) is 0 Å². The molecular weight excluding hydrogens is 571 g/mol. The number of carbonyl (C=O) groups is 7. The van der Waals surface area contributed by atoms with E-state index in [0.29, 0.717) is 6.42 Å². The van der Waals surface area contributed by atoms with Crippen LogP contribution in [0.1, 0.15) is 58.8 Å². The van der Waals surface area contributed by atoms with Crippen molar-refractivity contribution in [1.29, 1.82) is 0 Å². The van der Waals surface area contributed by atoms with Crippen molar-refractivity contribution in [1.82, 2.24) is 21.3 Å². The van der Waals surface area contributed by atoms with Crippen molar-refractivity contribution in [3.05, 3.63) is 0 Å².